The SMILES string of the molecule is O=CN1CCN(C(=O)c2cnc(Nc3cccc(Br)c3)nc2)CC1. The molecule has 0 bridgehead atoms. The molecule has 2 heterocycles. The summed E-state index contributed by atoms with van der Waals surface area (Å²) in [5.41, 5.74) is 1.29. The van der Waals surface area contributed by atoms with E-state index in [1.807, 2.05) is 24.3 Å². The first kappa shape index (κ1) is 16.4. The average molecular weight is 390 g/mol. The number of nitrogens with zero attached hydrogens (tertiary/aromatic N) is 4. The fourth-order valence-corrected chi connectivity index (χ4v) is 2.81. The quantitative estimate of drug-likeness (QED) is 0.807. The fourth-order valence-electron chi connectivity index (χ4n) is 2.41. The van der Waals surface area contributed by atoms with E-state index in [0.717, 1.165) is 16.6 Å². The number of nitrogens with one attached hydrogen (secondary N) is 1. The molecular formula is C16H16BrN5O2. The van der Waals surface area contributed by atoms with Crippen LogP contribution in [0.15, 0.2) is 41.1 Å². The van der Waals surface area contributed by atoms with E-state index >= 15 is 0 Å². The van der Waals surface area contributed by atoms with Crippen molar-refractivity contribution in [1.29, 1.82) is 0 Å². The van der Waals surface area contributed by atoms with Crippen molar-refractivity contribution in [2.75, 3.05) is 31.5 Å². The van der Waals surface area contributed by atoms with Gasteiger partial charge in [-0.2, -0.15) is 0 Å². The summed E-state index contributed by atoms with van der Waals surface area (Å²) >= 11 is 3.40. The summed E-state index contributed by atoms with van der Waals surface area (Å²) in [6.07, 6.45) is 3.84. The fraction of sp³-hybridized carbons (Fsp3) is 0.250. The van der Waals surface area contributed by atoms with Crippen LogP contribution in [0.2, 0.25) is 0 Å². The second-order valence-corrected chi connectivity index (χ2v) is 6.28. The van der Waals surface area contributed by atoms with Gasteiger partial charge < -0.3 is 15.1 Å². The van der Waals surface area contributed by atoms with Crippen LogP contribution in [0, 0.1) is 0 Å². The predicted octanol–water partition coefficient (Wildman–Crippen LogP) is 1.90. The van der Waals surface area contributed by atoms with Crippen molar-refractivity contribution < 1.29 is 9.59 Å². The van der Waals surface area contributed by atoms with E-state index in [1.165, 1.54) is 12.4 Å². The minimum absolute atomic E-state index is 0.116. The Labute approximate surface area is 147 Å². The molecule has 1 N–H and O–H groups in total. The van der Waals surface area contributed by atoms with Gasteiger partial charge in [0.2, 0.25) is 12.4 Å². The number of hydrogen-bond acceptors (Lipinski definition) is 5. The summed E-state index contributed by atoms with van der Waals surface area (Å²) in [6.45, 7) is 2.16. The highest BCUT2D eigenvalue weighted by Gasteiger charge is 2.21. The Hall–Kier alpha value is -2.48. The molecule has 1 aromatic heterocycles. The van der Waals surface area contributed by atoms with Crippen LogP contribution in [0.25, 0.3) is 0 Å². The minimum atomic E-state index is -0.116. The molecule has 8 heteroatoms. The zero-order valence-electron chi connectivity index (χ0n) is 12.9. The molecule has 0 unspecified atom stereocenters. The lowest BCUT2D eigenvalue weighted by atomic mass is 10.2. The predicted molar refractivity (Wildman–Crippen MR) is 93.0 cm³/mol. The molecule has 1 saturated heterocycles. The molecule has 0 spiro atoms. The molecule has 3 rings (SSSR count). The first-order valence-corrected chi connectivity index (χ1v) is 8.28. The smallest absolute Gasteiger partial charge is 0.257 e. The molecule has 1 fully saturated rings. The Balaban J connectivity index is 1.64. The van der Waals surface area contributed by atoms with Gasteiger partial charge in [-0.1, -0.05) is 22.0 Å². The summed E-state index contributed by atoms with van der Waals surface area (Å²) in [6, 6.07) is 7.65. The minimum Gasteiger partial charge on any atom is -0.342 e. The van der Waals surface area contributed by atoms with Crippen LogP contribution in [-0.2, 0) is 4.79 Å². The lowest BCUT2D eigenvalue weighted by Crippen LogP contribution is -2.48. The summed E-state index contributed by atoms with van der Waals surface area (Å²) in [7, 11) is 0. The van der Waals surface area contributed by atoms with Crippen LogP contribution in [-0.4, -0.2) is 58.3 Å². The van der Waals surface area contributed by atoms with Crippen molar-refractivity contribution in [2.24, 2.45) is 0 Å². The third kappa shape index (κ3) is 3.88. The number of carbonyl (C=O) groups excluding carboxylic acids is 2. The number of hydrogen-bond donors (Lipinski definition) is 1. The molecule has 2 aromatic rings. The topological polar surface area (TPSA) is 78.4 Å². The van der Waals surface area contributed by atoms with Crippen LogP contribution in [0.4, 0.5) is 11.6 Å². The first-order chi connectivity index (χ1) is 11.7. The number of benzene rings is 1. The normalized spacial score (nSPS) is 14.4. The Kier molecular flexibility index (Phi) is 5.05. The molecule has 24 heavy (non-hydrogen) atoms. The number of aromatic nitrogens is 2. The molecule has 0 atom stereocenters. The Morgan fingerprint density at radius 1 is 1.17 bits per heavy atom. The van der Waals surface area contributed by atoms with E-state index in [9.17, 15) is 9.59 Å². The second kappa shape index (κ2) is 7.39. The Bertz CT molecular complexity index is 730. The molecule has 124 valence electrons. The van der Waals surface area contributed by atoms with Gasteiger partial charge in [0, 0.05) is 48.7 Å². The van der Waals surface area contributed by atoms with E-state index in [4.69, 9.17) is 0 Å². The number of halogens is 1. The van der Waals surface area contributed by atoms with Crippen molar-refractivity contribution in [3.05, 3.63) is 46.7 Å². The van der Waals surface area contributed by atoms with Crippen LogP contribution < -0.4 is 5.32 Å². The van der Waals surface area contributed by atoms with E-state index in [0.29, 0.717) is 37.7 Å². The van der Waals surface area contributed by atoms with Gasteiger partial charge in [0.25, 0.3) is 5.91 Å². The summed E-state index contributed by atoms with van der Waals surface area (Å²) in [5, 5.41) is 3.08. The monoisotopic (exact) mass is 389 g/mol. The number of piperazine rings is 1. The van der Waals surface area contributed by atoms with Crippen molar-refractivity contribution in [3.8, 4) is 0 Å². The molecule has 7 nitrogen and oxygen atoms in total. The summed E-state index contributed by atoms with van der Waals surface area (Å²) < 4.78 is 0.953. The average Bonchev–Trinajstić information content (AvgIpc) is 2.62. The van der Waals surface area contributed by atoms with E-state index in [2.05, 4.69) is 31.2 Å². The van der Waals surface area contributed by atoms with E-state index in [1.54, 1.807) is 9.80 Å². The van der Waals surface area contributed by atoms with Crippen molar-refractivity contribution >= 4 is 39.9 Å². The first-order valence-electron chi connectivity index (χ1n) is 7.49. The highest BCUT2D eigenvalue weighted by Crippen LogP contribution is 2.18. The van der Waals surface area contributed by atoms with Crippen LogP contribution >= 0.6 is 15.9 Å². The largest absolute Gasteiger partial charge is 0.342 e. The summed E-state index contributed by atoms with van der Waals surface area (Å²) in [4.78, 5) is 34.9. The number of carbonyl (C=O) groups is 2. The molecule has 2 amide bonds. The molecule has 1 aliphatic heterocycles. The molecule has 1 aromatic carbocycles. The van der Waals surface area contributed by atoms with Crippen molar-refractivity contribution in [1.82, 2.24) is 19.8 Å². The molecular weight excluding hydrogens is 374 g/mol. The second-order valence-electron chi connectivity index (χ2n) is 5.36. The number of amides is 2. The zero-order valence-corrected chi connectivity index (χ0v) is 14.4. The number of rotatable bonds is 4. The zero-order chi connectivity index (χ0) is 16.9. The standard InChI is InChI=1S/C16H16BrN5O2/c17-13-2-1-3-14(8-13)20-16-18-9-12(10-19-16)15(24)22-6-4-21(11-23)5-7-22/h1-3,8-11H,4-7H2,(H,18,19,20). The molecule has 0 radical (unpaired) electrons. The van der Waals surface area contributed by atoms with Gasteiger partial charge in [-0.25, -0.2) is 9.97 Å². The number of anilines is 2. The van der Waals surface area contributed by atoms with Crippen LogP contribution in [0.1, 0.15) is 10.4 Å². The van der Waals surface area contributed by atoms with Gasteiger partial charge in [0.05, 0.1) is 5.56 Å². The Morgan fingerprint density at radius 2 is 1.88 bits per heavy atom. The van der Waals surface area contributed by atoms with Gasteiger partial charge >= 0.3 is 0 Å². The maximum atomic E-state index is 12.4. The third-order valence-corrected chi connectivity index (χ3v) is 4.22. The van der Waals surface area contributed by atoms with Gasteiger partial charge in [-0.15, -0.1) is 0 Å². The lowest BCUT2D eigenvalue weighted by Gasteiger charge is -2.32. The third-order valence-electron chi connectivity index (χ3n) is 3.73. The van der Waals surface area contributed by atoms with Crippen molar-refractivity contribution in [2.45, 2.75) is 0 Å². The van der Waals surface area contributed by atoms with Crippen LogP contribution in [0.5, 0.6) is 0 Å². The van der Waals surface area contributed by atoms with Gasteiger partial charge in [-0.3, -0.25) is 9.59 Å². The van der Waals surface area contributed by atoms with E-state index < -0.39 is 0 Å². The van der Waals surface area contributed by atoms with Crippen LogP contribution in [0.3, 0.4) is 0 Å². The van der Waals surface area contributed by atoms with Crippen molar-refractivity contribution in [3.63, 3.8) is 0 Å². The Morgan fingerprint density at radius 3 is 2.50 bits per heavy atom. The lowest BCUT2D eigenvalue weighted by molar-refractivity contribution is -0.119. The molecule has 0 saturated carbocycles. The molecule has 0 aliphatic carbocycles. The maximum Gasteiger partial charge on any atom is 0.257 e. The van der Waals surface area contributed by atoms with Gasteiger partial charge in [0.15, 0.2) is 0 Å². The van der Waals surface area contributed by atoms with E-state index in [-0.39, 0.29) is 5.91 Å². The highest BCUT2D eigenvalue weighted by atomic mass is 79.9. The maximum absolute atomic E-state index is 12.4. The van der Waals surface area contributed by atoms with Gasteiger partial charge in [-0.05, 0) is 18.2 Å². The highest BCUT2D eigenvalue weighted by molar-refractivity contribution is 9.10. The van der Waals surface area contributed by atoms with Gasteiger partial charge in [0.1, 0.15) is 0 Å². The summed E-state index contributed by atoms with van der Waals surface area (Å²) in [5.74, 6) is 0.310. The molecule has 1 aliphatic rings.